The molecule has 0 fully saturated rings. The molecule has 0 saturated heterocycles. The van der Waals surface area contributed by atoms with Gasteiger partial charge in [-0.25, -0.2) is 8.42 Å². The van der Waals surface area contributed by atoms with Gasteiger partial charge < -0.3 is 0 Å². The highest BCUT2D eigenvalue weighted by Crippen LogP contribution is 2.31. The molecule has 0 bridgehead atoms. The first-order valence-electron chi connectivity index (χ1n) is 4.28. The first-order valence-corrected chi connectivity index (χ1v) is 6.02. The van der Waals surface area contributed by atoms with Crippen molar-refractivity contribution in [3.63, 3.8) is 0 Å². The lowest BCUT2D eigenvalue weighted by Crippen LogP contribution is -2.06. The predicted octanol–water partition coefficient (Wildman–Crippen LogP) is 2.51. The fraction of sp³-hybridized carbons (Fsp3) is 0.333. The van der Waals surface area contributed by atoms with Gasteiger partial charge in [-0.3, -0.25) is 0 Å². The van der Waals surface area contributed by atoms with Gasteiger partial charge in [0, 0.05) is 5.02 Å². The zero-order valence-electron chi connectivity index (χ0n) is 7.92. The smallest absolute Gasteiger partial charge is 0.232 e. The van der Waals surface area contributed by atoms with Crippen molar-refractivity contribution in [1.82, 2.24) is 0 Å². The van der Waals surface area contributed by atoms with Crippen LogP contribution in [0, 0.1) is 0 Å². The van der Waals surface area contributed by atoms with Gasteiger partial charge in [0.2, 0.25) is 0 Å². The molecule has 0 saturated carbocycles. The van der Waals surface area contributed by atoms with Crippen molar-refractivity contribution in [2.24, 2.45) is 0 Å². The largest absolute Gasteiger partial charge is 0.416 e. The Kier molecular flexibility index (Phi) is 4.21. The molecule has 0 aromatic heterocycles. The van der Waals surface area contributed by atoms with Gasteiger partial charge in [-0.2, -0.15) is 13.2 Å². The van der Waals surface area contributed by atoms with E-state index < -0.39 is 22.4 Å². The second kappa shape index (κ2) is 5.05. The summed E-state index contributed by atoms with van der Waals surface area (Å²) in [6, 6.07) is 2.86. The zero-order chi connectivity index (χ0) is 12.3. The molecule has 1 aromatic rings. The molecule has 0 aliphatic carbocycles. The minimum absolute atomic E-state index is 0.0124. The second-order valence-corrected chi connectivity index (χ2v) is 4.63. The number of hydrogen-bond donors (Lipinski definition) is 1. The molecule has 0 heterocycles. The number of hydrogen-bond acceptors (Lipinski definition) is 2. The summed E-state index contributed by atoms with van der Waals surface area (Å²) in [5, 5.41) is 0.143. The van der Waals surface area contributed by atoms with Crippen LogP contribution in [0.25, 0.3) is 0 Å². The Morgan fingerprint density at radius 2 is 1.88 bits per heavy atom. The Labute approximate surface area is 97.0 Å². The summed E-state index contributed by atoms with van der Waals surface area (Å²) in [5.41, 5.74) is -0.635. The molecule has 0 N–H and O–H groups in total. The van der Waals surface area contributed by atoms with E-state index in [-0.39, 0.29) is 22.8 Å². The van der Waals surface area contributed by atoms with Crippen molar-refractivity contribution in [2.75, 3.05) is 5.75 Å². The number of alkyl halides is 3. The van der Waals surface area contributed by atoms with Crippen LogP contribution in [0.15, 0.2) is 18.2 Å². The molecular weight excluding hydrogens is 265 g/mol. The summed E-state index contributed by atoms with van der Waals surface area (Å²) in [6.07, 6.45) is -4.46. The van der Waals surface area contributed by atoms with Gasteiger partial charge in [0.1, 0.15) is 10.7 Å². The third kappa shape index (κ3) is 3.68. The van der Waals surface area contributed by atoms with E-state index in [0.717, 1.165) is 18.2 Å². The lowest BCUT2D eigenvalue weighted by Gasteiger charge is -2.09. The minimum Gasteiger partial charge on any atom is -0.232 e. The molecule has 16 heavy (non-hydrogen) atoms. The average molecular weight is 273 g/mol. The topological polar surface area (TPSA) is 34.1 Å². The van der Waals surface area contributed by atoms with Crippen molar-refractivity contribution >= 4 is 22.3 Å². The Balaban J connectivity index is 2.99. The third-order valence-corrected chi connectivity index (χ3v) is 2.89. The quantitative estimate of drug-likeness (QED) is 0.858. The van der Waals surface area contributed by atoms with Gasteiger partial charge in [0.15, 0.2) is 0 Å². The molecule has 0 radical (unpaired) electrons. The van der Waals surface area contributed by atoms with Crippen LogP contribution in [-0.4, -0.2) is 14.2 Å². The highest BCUT2D eigenvalue weighted by Gasteiger charge is 2.30. The van der Waals surface area contributed by atoms with Crippen molar-refractivity contribution in [3.8, 4) is 0 Å². The minimum atomic E-state index is -4.45. The van der Waals surface area contributed by atoms with E-state index in [1.807, 2.05) is 0 Å². The van der Waals surface area contributed by atoms with Gasteiger partial charge in [-0.15, -0.1) is 0 Å². The molecule has 2 nitrogen and oxygen atoms in total. The monoisotopic (exact) mass is 272 g/mol. The molecular formula is C9H8ClF3O2S. The normalized spacial score (nSPS) is 12.1. The number of thiol groups is 1. The standard InChI is InChI=1S/C9H8ClF3O2S/c10-8-2-1-7(9(11,12)13)5-6(8)3-4-16(14)15/h1-2,5,16H,3-4H2. The molecule has 90 valence electrons. The predicted molar refractivity (Wildman–Crippen MR) is 55.3 cm³/mol. The van der Waals surface area contributed by atoms with Crippen molar-refractivity contribution in [3.05, 3.63) is 34.3 Å². The second-order valence-electron chi connectivity index (χ2n) is 3.11. The summed E-state index contributed by atoms with van der Waals surface area (Å²) in [7, 11) is -2.61. The van der Waals surface area contributed by atoms with E-state index in [0.29, 0.717) is 0 Å². The maximum absolute atomic E-state index is 12.3. The SMILES string of the molecule is O=[SH](=O)CCc1cc(C(F)(F)F)ccc1Cl. The van der Waals surface area contributed by atoms with Crippen LogP contribution in [0.2, 0.25) is 5.02 Å². The lowest BCUT2D eigenvalue weighted by atomic mass is 10.1. The highest BCUT2D eigenvalue weighted by atomic mass is 35.5. The summed E-state index contributed by atoms with van der Waals surface area (Å²) in [4.78, 5) is 0. The molecule has 1 aromatic carbocycles. The van der Waals surface area contributed by atoms with Crippen LogP contribution in [0.3, 0.4) is 0 Å². The van der Waals surface area contributed by atoms with Crippen molar-refractivity contribution in [2.45, 2.75) is 12.6 Å². The van der Waals surface area contributed by atoms with Gasteiger partial charge in [-0.05, 0) is 30.2 Å². The van der Waals surface area contributed by atoms with Gasteiger partial charge in [-0.1, -0.05) is 11.6 Å². The van der Waals surface area contributed by atoms with Crippen LogP contribution < -0.4 is 0 Å². The molecule has 0 aliphatic rings. The average Bonchev–Trinajstić information content (AvgIpc) is 2.14. The molecule has 0 amide bonds. The maximum Gasteiger partial charge on any atom is 0.416 e. The fourth-order valence-corrected chi connectivity index (χ4v) is 1.79. The molecule has 7 heteroatoms. The molecule has 0 spiro atoms. The number of aryl methyl sites for hydroxylation is 1. The highest BCUT2D eigenvalue weighted by molar-refractivity contribution is 7.72. The van der Waals surface area contributed by atoms with Gasteiger partial charge in [0.25, 0.3) is 0 Å². The van der Waals surface area contributed by atoms with Crippen LogP contribution >= 0.6 is 11.6 Å². The summed E-state index contributed by atoms with van der Waals surface area (Å²) in [5.74, 6) is -0.212. The van der Waals surface area contributed by atoms with Crippen LogP contribution in [0.4, 0.5) is 13.2 Å². The third-order valence-electron chi connectivity index (χ3n) is 1.94. The van der Waals surface area contributed by atoms with E-state index in [9.17, 15) is 21.6 Å². The van der Waals surface area contributed by atoms with Crippen LogP contribution in [0.1, 0.15) is 11.1 Å². The first-order chi connectivity index (χ1) is 7.30. The van der Waals surface area contributed by atoms with Crippen LogP contribution in [0.5, 0.6) is 0 Å². The number of halogens is 4. The molecule has 0 unspecified atom stereocenters. The van der Waals surface area contributed by atoms with E-state index in [2.05, 4.69) is 0 Å². The van der Waals surface area contributed by atoms with Crippen molar-refractivity contribution in [1.29, 1.82) is 0 Å². The lowest BCUT2D eigenvalue weighted by molar-refractivity contribution is -0.137. The Hall–Kier alpha value is -0.750. The van der Waals surface area contributed by atoms with E-state index in [1.54, 1.807) is 0 Å². The van der Waals surface area contributed by atoms with E-state index >= 15 is 0 Å². The maximum atomic E-state index is 12.3. The summed E-state index contributed by atoms with van der Waals surface area (Å²) >= 11 is 5.67. The Morgan fingerprint density at radius 1 is 1.25 bits per heavy atom. The van der Waals surface area contributed by atoms with E-state index in [4.69, 9.17) is 11.6 Å². The Bertz CT molecular complexity index is 447. The zero-order valence-corrected chi connectivity index (χ0v) is 9.57. The van der Waals surface area contributed by atoms with Crippen molar-refractivity contribution < 1.29 is 21.6 Å². The summed E-state index contributed by atoms with van der Waals surface area (Å²) < 4.78 is 57.7. The van der Waals surface area contributed by atoms with Crippen LogP contribution in [-0.2, 0) is 23.3 Å². The first kappa shape index (κ1) is 13.3. The Morgan fingerprint density at radius 3 is 2.38 bits per heavy atom. The molecule has 1 rings (SSSR count). The number of rotatable bonds is 3. The fourth-order valence-electron chi connectivity index (χ4n) is 1.15. The van der Waals surface area contributed by atoms with Gasteiger partial charge in [0.05, 0.1) is 11.3 Å². The molecule has 0 aliphatic heterocycles. The van der Waals surface area contributed by atoms with E-state index in [1.165, 1.54) is 0 Å². The summed E-state index contributed by atoms with van der Waals surface area (Å²) in [6.45, 7) is 0. The number of benzene rings is 1. The molecule has 0 atom stereocenters. The van der Waals surface area contributed by atoms with Gasteiger partial charge >= 0.3 is 6.18 Å².